The van der Waals surface area contributed by atoms with E-state index >= 15 is 0 Å². The Balaban J connectivity index is 1.39. The molecule has 1 atom stereocenters. The molecule has 2 heterocycles. The summed E-state index contributed by atoms with van der Waals surface area (Å²) < 4.78 is 0. The summed E-state index contributed by atoms with van der Waals surface area (Å²) in [7, 11) is 0. The molecule has 0 saturated carbocycles. The van der Waals surface area contributed by atoms with Crippen LogP contribution in [0.1, 0.15) is 30.7 Å². The zero-order valence-electron chi connectivity index (χ0n) is 10.4. The Kier molecular flexibility index (Phi) is 3.44. The Morgan fingerprint density at radius 2 is 2.00 bits per heavy atom. The molecule has 1 aromatic rings. The molecule has 1 N–H and O–H groups in total. The number of rotatable bonds is 4. The first-order chi connectivity index (χ1) is 8.42. The molecule has 0 aliphatic carbocycles. The lowest BCUT2D eigenvalue weighted by molar-refractivity contribution is 0.142. The van der Waals surface area contributed by atoms with E-state index in [0.29, 0.717) is 0 Å². The first-order valence-electron chi connectivity index (χ1n) is 6.92. The first-order valence-corrected chi connectivity index (χ1v) is 6.92. The Bertz CT molecular complexity index is 337. The molecule has 2 aliphatic rings. The number of nitrogens with one attached hydrogen (secondary N) is 1. The highest BCUT2D eigenvalue weighted by atomic mass is 15.2. The summed E-state index contributed by atoms with van der Waals surface area (Å²) in [6, 6.07) is 11.7. The maximum Gasteiger partial charge on any atom is 0.00936 e. The van der Waals surface area contributed by atoms with E-state index < -0.39 is 0 Å². The molecule has 2 fully saturated rings. The second-order valence-corrected chi connectivity index (χ2v) is 5.45. The molecule has 2 nitrogen and oxygen atoms in total. The van der Waals surface area contributed by atoms with Crippen molar-refractivity contribution in [3.8, 4) is 0 Å². The van der Waals surface area contributed by atoms with Gasteiger partial charge in [0.15, 0.2) is 0 Å². The number of benzene rings is 1. The highest BCUT2D eigenvalue weighted by Crippen LogP contribution is 2.27. The molecule has 0 bridgehead atoms. The largest absolute Gasteiger partial charge is 0.314 e. The van der Waals surface area contributed by atoms with Gasteiger partial charge in [0.25, 0.3) is 0 Å². The topological polar surface area (TPSA) is 15.3 Å². The van der Waals surface area contributed by atoms with Gasteiger partial charge in [-0.25, -0.2) is 0 Å². The SMILES string of the molecule is c1ccc(C2CN(CCC3CCCN3)C2)cc1. The molecule has 92 valence electrons. The molecular formula is C15H22N2. The second kappa shape index (κ2) is 5.19. The van der Waals surface area contributed by atoms with E-state index in [-0.39, 0.29) is 0 Å². The van der Waals surface area contributed by atoms with Crippen LogP contribution in [0.2, 0.25) is 0 Å². The van der Waals surface area contributed by atoms with Gasteiger partial charge in [0.2, 0.25) is 0 Å². The van der Waals surface area contributed by atoms with E-state index in [1.807, 2.05) is 0 Å². The Morgan fingerprint density at radius 3 is 2.71 bits per heavy atom. The maximum atomic E-state index is 3.58. The third-order valence-corrected chi connectivity index (χ3v) is 4.18. The maximum absolute atomic E-state index is 3.58. The first kappa shape index (κ1) is 11.2. The van der Waals surface area contributed by atoms with Crippen LogP contribution in [-0.4, -0.2) is 37.1 Å². The van der Waals surface area contributed by atoms with E-state index in [2.05, 4.69) is 40.5 Å². The molecule has 3 rings (SSSR count). The predicted molar refractivity (Wildman–Crippen MR) is 71.3 cm³/mol. The van der Waals surface area contributed by atoms with Crippen LogP contribution in [0.3, 0.4) is 0 Å². The summed E-state index contributed by atoms with van der Waals surface area (Å²) >= 11 is 0. The van der Waals surface area contributed by atoms with Gasteiger partial charge in [-0.05, 0) is 37.9 Å². The number of hydrogen-bond acceptors (Lipinski definition) is 2. The van der Waals surface area contributed by atoms with Crippen LogP contribution in [0.25, 0.3) is 0 Å². The number of hydrogen-bond donors (Lipinski definition) is 1. The Morgan fingerprint density at radius 1 is 1.18 bits per heavy atom. The van der Waals surface area contributed by atoms with Crippen LogP contribution >= 0.6 is 0 Å². The molecule has 0 radical (unpaired) electrons. The monoisotopic (exact) mass is 230 g/mol. The van der Waals surface area contributed by atoms with Crippen LogP contribution < -0.4 is 5.32 Å². The molecule has 1 aromatic carbocycles. The molecule has 0 aromatic heterocycles. The lowest BCUT2D eigenvalue weighted by atomic mass is 9.91. The molecule has 17 heavy (non-hydrogen) atoms. The van der Waals surface area contributed by atoms with Crippen LogP contribution in [0.5, 0.6) is 0 Å². The summed E-state index contributed by atoms with van der Waals surface area (Å²) in [5.41, 5.74) is 1.52. The van der Waals surface area contributed by atoms with Crippen molar-refractivity contribution < 1.29 is 0 Å². The van der Waals surface area contributed by atoms with Crippen LogP contribution in [-0.2, 0) is 0 Å². The molecule has 0 amide bonds. The van der Waals surface area contributed by atoms with Gasteiger partial charge in [0.05, 0.1) is 0 Å². The van der Waals surface area contributed by atoms with E-state index in [0.717, 1.165) is 12.0 Å². The van der Waals surface area contributed by atoms with Crippen molar-refractivity contribution in [2.24, 2.45) is 0 Å². The van der Waals surface area contributed by atoms with Gasteiger partial charge >= 0.3 is 0 Å². The quantitative estimate of drug-likeness (QED) is 0.853. The van der Waals surface area contributed by atoms with Gasteiger partial charge in [-0.3, -0.25) is 0 Å². The molecule has 2 heteroatoms. The number of nitrogens with zero attached hydrogens (tertiary/aromatic N) is 1. The summed E-state index contributed by atoms with van der Waals surface area (Å²) in [6.45, 7) is 5.03. The van der Waals surface area contributed by atoms with Crippen molar-refractivity contribution in [2.75, 3.05) is 26.2 Å². The fraction of sp³-hybridized carbons (Fsp3) is 0.600. The third kappa shape index (κ3) is 2.70. The Hall–Kier alpha value is -0.860. The van der Waals surface area contributed by atoms with Crippen molar-refractivity contribution in [3.05, 3.63) is 35.9 Å². The number of likely N-dealkylation sites (tertiary alicyclic amines) is 1. The minimum absolute atomic E-state index is 0.785. The van der Waals surface area contributed by atoms with Crippen molar-refractivity contribution in [1.82, 2.24) is 10.2 Å². The minimum atomic E-state index is 0.785. The van der Waals surface area contributed by atoms with Gasteiger partial charge in [-0.15, -0.1) is 0 Å². The summed E-state index contributed by atoms with van der Waals surface area (Å²) in [4.78, 5) is 2.59. The summed E-state index contributed by atoms with van der Waals surface area (Å²) in [5, 5.41) is 3.58. The standard InChI is InChI=1S/C15H22N2/c1-2-5-13(6-3-1)14-11-17(12-14)10-8-15-7-4-9-16-15/h1-3,5-6,14-16H,4,7-12H2. The summed E-state index contributed by atoms with van der Waals surface area (Å²) in [6.07, 6.45) is 4.09. The smallest absolute Gasteiger partial charge is 0.00936 e. The zero-order chi connectivity index (χ0) is 11.5. The molecule has 0 spiro atoms. The average Bonchev–Trinajstić information content (AvgIpc) is 2.81. The van der Waals surface area contributed by atoms with Crippen molar-refractivity contribution in [3.63, 3.8) is 0 Å². The van der Waals surface area contributed by atoms with Crippen LogP contribution in [0.4, 0.5) is 0 Å². The lowest BCUT2D eigenvalue weighted by Gasteiger charge is -2.40. The Labute approximate surface area is 104 Å². The van der Waals surface area contributed by atoms with Gasteiger partial charge in [0, 0.05) is 25.0 Å². The van der Waals surface area contributed by atoms with E-state index in [4.69, 9.17) is 0 Å². The zero-order valence-corrected chi connectivity index (χ0v) is 10.4. The molecule has 2 saturated heterocycles. The van der Waals surface area contributed by atoms with Crippen LogP contribution in [0.15, 0.2) is 30.3 Å². The van der Waals surface area contributed by atoms with Gasteiger partial charge in [0.1, 0.15) is 0 Å². The normalized spacial score (nSPS) is 26.0. The average molecular weight is 230 g/mol. The minimum Gasteiger partial charge on any atom is -0.314 e. The van der Waals surface area contributed by atoms with Gasteiger partial charge < -0.3 is 10.2 Å². The second-order valence-electron chi connectivity index (χ2n) is 5.45. The van der Waals surface area contributed by atoms with E-state index in [1.165, 1.54) is 51.0 Å². The highest BCUT2D eigenvalue weighted by Gasteiger charge is 2.28. The van der Waals surface area contributed by atoms with Gasteiger partial charge in [-0.1, -0.05) is 30.3 Å². The van der Waals surface area contributed by atoms with E-state index in [9.17, 15) is 0 Å². The third-order valence-electron chi connectivity index (χ3n) is 4.18. The molecular weight excluding hydrogens is 208 g/mol. The fourth-order valence-corrected chi connectivity index (χ4v) is 3.03. The van der Waals surface area contributed by atoms with Crippen molar-refractivity contribution in [1.29, 1.82) is 0 Å². The molecule has 1 unspecified atom stereocenters. The van der Waals surface area contributed by atoms with Crippen molar-refractivity contribution in [2.45, 2.75) is 31.2 Å². The predicted octanol–water partition coefficient (Wildman–Crippen LogP) is 2.23. The van der Waals surface area contributed by atoms with Crippen LogP contribution in [0, 0.1) is 0 Å². The van der Waals surface area contributed by atoms with E-state index in [1.54, 1.807) is 0 Å². The van der Waals surface area contributed by atoms with Crippen molar-refractivity contribution >= 4 is 0 Å². The highest BCUT2D eigenvalue weighted by molar-refractivity contribution is 5.22. The summed E-state index contributed by atoms with van der Waals surface area (Å²) in [5.74, 6) is 0.785. The fourth-order valence-electron chi connectivity index (χ4n) is 3.03. The lowest BCUT2D eigenvalue weighted by Crippen LogP contribution is -2.46. The van der Waals surface area contributed by atoms with Gasteiger partial charge in [-0.2, -0.15) is 0 Å². The molecule has 2 aliphatic heterocycles.